The van der Waals surface area contributed by atoms with E-state index in [4.69, 9.17) is 4.74 Å². The Balaban J connectivity index is 1.62. The molecule has 9 atom stereocenters. The van der Waals surface area contributed by atoms with Gasteiger partial charge in [0.05, 0.1) is 24.7 Å². The van der Waals surface area contributed by atoms with Crippen molar-refractivity contribution in [2.75, 3.05) is 13.2 Å². The molecule has 6 rings (SSSR count). The molecule has 17 heavy (non-hydrogen) atoms. The number of aliphatic hydroxyl groups excluding tert-OH is 1. The second-order valence-electron chi connectivity index (χ2n) is 7.33. The summed E-state index contributed by atoms with van der Waals surface area (Å²) in [7, 11) is 0. The summed E-state index contributed by atoms with van der Waals surface area (Å²) in [6, 6.07) is 0. The van der Waals surface area contributed by atoms with Crippen molar-refractivity contribution < 1.29 is 14.6 Å². The molecule has 0 bridgehead atoms. The van der Waals surface area contributed by atoms with E-state index in [0.29, 0.717) is 40.8 Å². The van der Waals surface area contributed by atoms with Crippen molar-refractivity contribution in [2.45, 2.75) is 18.9 Å². The van der Waals surface area contributed by atoms with Crippen LogP contribution in [0.15, 0.2) is 0 Å². The number of hydrogen-bond acceptors (Lipinski definition) is 3. The van der Waals surface area contributed by atoms with Gasteiger partial charge in [-0.2, -0.15) is 0 Å². The lowest BCUT2D eigenvalue weighted by molar-refractivity contribution is -0.322. The van der Waals surface area contributed by atoms with E-state index in [2.05, 4.69) is 0 Å². The molecule has 0 radical (unpaired) electrons. The lowest BCUT2D eigenvalue weighted by Crippen LogP contribution is -2.78. The lowest BCUT2D eigenvalue weighted by Gasteiger charge is -2.78. The summed E-state index contributed by atoms with van der Waals surface area (Å²) in [5, 5.41) is 10.7. The number of fused-ring (bicyclic) bond motifs is 2. The highest BCUT2D eigenvalue weighted by atomic mass is 16.5. The van der Waals surface area contributed by atoms with E-state index in [0.717, 1.165) is 32.0 Å². The first-order valence-corrected chi connectivity index (χ1v) is 7.05. The van der Waals surface area contributed by atoms with Gasteiger partial charge in [-0.05, 0) is 41.9 Å². The average molecular weight is 232 g/mol. The molecule has 6 fully saturated rings. The first kappa shape index (κ1) is 8.65. The fourth-order valence-corrected chi connectivity index (χ4v) is 7.78. The molecule has 3 unspecified atom stereocenters. The molecule has 1 heterocycles. The molecule has 0 aromatic rings. The zero-order valence-electron chi connectivity index (χ0n) is 9.63. The molecule has 1 N–H and O–H groups in total. The third-order valence-corrected chi connectivity index (χ3v) is 7.85. The Hall–Kier alpha value is -0.410. The minimum atomic E-state index is -0.323. The number of ketones is 1. The van der Waals surface area contributed by atoms with Crippen molar-refractivity contribution in [3.05, 3.63) is 0 Å². The van der Waals surface area contributed by atoms with E-state index in [1.165, 1.54) is 0 Å². The largest absolute Gasteiger partial charge is 0.392 e. The van der Waals surface area contributed by atoms with Gasteiger partial charge in [0.1, 0.15) is 5.78 Å². The third-order valence-electron chi connectivity index (χ3n) is 7.85. The van der Waals surface area contributed by atoms with E-state index >= 15 is 0 Å². The second-order valence-corrected chi connectivity index (χ2v) is 7.33. The van der Waals surface area contributed by atoms with E-state index in [9.17, 15) is 9.90 Å². The van der Waals surface area contributed by atoms with Gasteiger partial charge in [-0.15, -0.1) is 0 Å². The summed E-state index contributed by atoms with van der Waals surface area (Å²) in [5.41, 5.74) is 0.168. The Labute approximate surface area is 99.5 Å². The average Bonchev–Trinajstić information content (AvgIpc) is 2.78. The molecule has 1 aliphatic heterocycles. The summed E-state index contributed by atoms with van der Waals surface area (Å²) in [6.07, 6.45) is 1.46. The van der Waals surface area contributed by atoms with Crippen molar-refractivity contribution in [1.29, 1.82) is 0 Å². The van der Waals surface area contributed by atoms with Crippen LogP contribution in [0.5, 0.6) is 0 Å². The number of hydrogen-bond donors (Lipinski definition) is 1. The van der Waals surface area contributed by atoms with Crippen LogP contribution in [-0.4, -0.2) is 30.2 Å². The standard InChI is InChI=1S/C14H16O3/c15-7-2-1-5-9-11-10-8(12(16)14(5,7)11)6-3-17-4-13(6,9)10/h5-6,8-12,16H,1-4H2/t5-,6-,8-,9?,10?,11+,12-,13?,14-/m1/s1. The Bertz CT molecular complexity index is 470. The smallest absolute Gasteiger partial charge is 0.142 e. The first-order chi connectivity index (χ1) is 8.25. The molecule has 1 saturated heterocycles. The molecular weight excluding hydrogens is 216 g/mol. The fraction of sp³-hybridized carbons (Fsp3) is 0.929. The summed E-state index contributed by atoms with van der Waals surface area (Å²) in [6.45, 7) is 1.77. The van der Waals surface area contributed by atoms with Crippen molar-refractivity contribution in [2.24, 2.45) is 46.3 Å². The molecule has 0 amide bonds. The van der Waals surface area contributed by atoms with Crippen LogP contribution in [0, 0.1) is 46.3 Å². The topological polar surface area (TPSA) is 46.5 Å². The van der Waals surface area contributed by atoms with Crippen molar-refractivity contribution in [3.8, 4) is 0 Å². The van der Waals surface area contributed by atoms with Gasteiger partial charge in [-0.3, -0.25) is 4.79 Å². The Morgan fingerprint density at radius 1 is 1.24 bits per heavy atom. The van der Waals surface area contributed by atoms with E-state index in [1.54, 1.807) is 0 Å². The zero-order chi connectivity index (χ0) is 11.2. The zero-order valence-corrected chi connectivity index (χ0v) is 9.63. The number of carbonyl (C=O) groups excluding carboxylic acids is 1. The predicted octanol–water partition coefficient (Wildman–Crippen LogP) is 0.465. The Morgan fingerprint density at radius 2 is 2.12 bits per heavy atom. The molecule has 3 nitrogen and oxygen atoms in total. The lowest BCUT2D eigenvalue weighted by atomic mass is 9.24. The third kappa shape index (κ3) is 0.478. The van der Waals surface area contributed by atoms with E-state index in [1.807, 2.05) is 0 Å². The quantitative estimate of drug-likeness (QED) is 0.660. The van der Waals surface area contributed by atoms with Crippen LogP contribution < -0.4 is 0 Å². The molecule has 2 spiro atoms. The van der Waals surface area contributed by atoms with E-state index in [-0.39, 0.29) is 11.5 Å². The van der Waals surface area contributed by atoms with Crippen LogP contribution in [0.3, 0.4) is 0 Å². The maximum Gasteiger partial charge on any atom is 0.142 e. The summed E-state index contributed by atoms with van der Waals surface area (Å²) in [5.74, 6) is 3.85. The SMILES string of the molecule is O=C1CC[C@@H]2C3[C@H]4C5[C@@H]([C@H]6COCC536)[C@@H](O)[C@]142. The van der Waals surface area contributed by atoms with Crippen LogP contribution in [0.1, 0.15) is 12.8 Å². The monoisotopic (exact) mass is 232 g/mol. The van der Waals surface area contributed by atoms with Crippen LogP contribution in [0.2, 0.25) is 0 Å². The maximum atomic E-state index is 12.3. The van der Waals surface area contributed by atoms with Crippen LogP contribution >= 0.6 is 0 Å². The van der Waals surface area contributed by atoms with Gasteiger partial charge < -0.3 is 9.84 Å². The Morgan fingerprint density at radius 3 is 3.00 bits per heavy atom. The minimum absolute atomic E-state index is 0.254. The van der Waals surface area contributed by atoms with Crippen LogP contribution in [-0.2, 0) is 9.53 Å². The summed E-state index contributed by atoms with van der Waals surface area (Å²) >= 11 is 0. The molecule has 3 heteroatoms. The number of carbonyl (C=O) groups is 1. The normalized spacial score (nSPS) is 76.5. The maximum absolute atomic E-state index is 12.3. The summed E-state index contributed by atoms with van der Waals surface area (Å²) < 4.78 is 5.73. The van der Waals surface area contributed by atoms with Crippen LogP contribution in [0.4, 0.5) is 0 Å². The number of Topliss-reactive ketones (excluding diaryl/α,β-unsaturated/α-hetero) is 1. The van der Waals surface area contributed by atoms with Gasteiger partial charge in [0, 0.05) is 11.8 Å². The highest BCUT2D eigenvalue weighted by Gasteiger charge is 2.96. The highest BCUT2D eigenvalue weighted by Crippen LogP contribution is 2.94. The van der Waals surface area contributed by atoms with Gasteiger partial charge in [-0.25, -0.2) is 0 Å². The van der Waals surface area contributed by atoms with Gasteiger partial charge in [0.15, 0.2) is 0 Å². The minimum Gasteiger partial charge on any atom is -0.392 e. The molecular formula is C14H16O3. The number of aliphatic hydroxyl groups is 1. The fourth-order valence-electron chi connectivity index (χ4n) is 7.78. The molecule has 0 aromatic carbocycles. The molecule has 5 aliphatic carbocycles. The Kier molecular flexibility index (Phi) is 1.02. The van der Waals surface area contributed by atoms with Crippen LogP contribution in [0.25, 0.3) is 0 Å². The summed E-state index contributed by atoms with van der Waals surface area (Å²) in [4.78, 5) is 12.3. The molecule has 90 valence electrons. The molecule has 0 aromatic heterocycles. The number of ether oxygens (including phenoxy) is 1. The van der Waals surface area contributed by atoms with Crippen molar-refractivity contribution >= 4 is 5.78 Å². The highest BCUT2D eigenvalue weighted by molar-refractivity contribution is 5.92. The number of rotatable bonds is 0. The van der Waals surface area contributed by atoms with Gasteiger partial charge in [-0.1, -0.05) is 0 Å². The second kappa shape index (κ2) is 2.01. The predicted molar refractivity (Wildman–Crippen MR) is 56.9 cm³/mol. The van der Waals surface area contributed by atoms with Gasteiger partial charge in [0.2, 0.25) is 0 Å². The van der Waals surface area contributed by atoms with Gasteiger partial charge in [0.25, 0.3) is 0 Å². The van der Waals surface area contributed by atoms with Crippen molar-refractivity contribution in [3.63, 3.8) is 0 Å². The van der Waals surface area contributed by atoms with Crippen molar-refractivity contribution in [1.82, 2.24) is 0 Å². The van der Waals surface area contributed by atoms with E-state index < -0.39 is 0 Å². The van der Waals surface area contributed by atoms with Gasteiger partial charge >= 0.3 is 0 Å². The molecule has 5 saturated carbocycles. The first-order valence-electron chi connectivity index (χ1n) is 7.05. The molecule has 6 aliphatic rings.